The van der Waals surface area contributed by atoms with Gasteiger partial charge in [-0.1, -0.05) is 47.5 Å². The van der Waals surface area contributed by atoms with Crippen molar-refractivity contribution in [3.8, 4) is 27.4 Å². The number of hydrogen-bond donors (Lipinski definition) is 1. The molecule has 0 fully saturated rings. The second kappa shape index (κ2) is 9.17. The Hall–Kier alpha value is -2.49. The average molecular weight is 509 g/mol. The molecule has 10 heteroatoms. The van der Waals surface area contributed by atoms with Gasteiger partial charge in [-0.3, -0.25) is 0 Å². The molecule has 0 spiro atoms. The molecule has 0 bridgehead atoms. The van der Waals surface area contributed by atoms with Crippen molar-refractivity contribution in [1.82, 2.24) is 4.98 Å². The Morgan fingerprint density at radius 2 is 1.53 bits per heavy atom. The second-order valence-corrected chi connectivity index (χ2v) is 10.3. The van der Waals surface area contributed by atoms with Crippen LogP contribution in [-0.4, -0.2) is 13.4 Å². The van der Waals surface area contributed by atoms with Crippen LogP contribution in [0.1, 0.15) is 5.01 Å². The smallest absolute Gasteiger partial charge is 0.238 e. The first-order valence-corrected chi connectivity index (χ1v) is 12.3. The van der Waals surface area contributed by atoms with Gasteiger partial charge in [0.2, 0.25) is 10.0 Å². The van der Waals surface area contributed by atoms with E-state index in [1.54, 1.807) is 42.5 Å². The monoisotopic (exact) mass is 508 g/mol. The van der Waals surface area contributed by atoms with E-state index in [4.69, 9.17) is 33.1 Å². The van der Waals surface area contributed by atoms with Crippen molar-refractivity contribution in [2.24, 2.45) is 5.14 Å². The molecule has 0 unspecified atom stereocenters. The van der Waals surface area contributed by atoms with E-state index >= 15 is 0 Å². The number of aromatic nitrogens is 1. The first-order chi connectivity index (χ1) is 15.2. The fraction of sp³-hybridized carbons (Fsp3) is 0.0455. The molecular formula is C22H15Cl2FN2O3S2. The molecule has 4 rings (SSSR count). The Morgan fingerprint density at radius 3 is 2.12 bits per heavy atom. The normalized spacial score (nSPS) is 11.5. The predicted octanol–water partition coefficient (Wildman–Crippen LogP) is 6.15. The molecule has 0 aliphatic heterocycles. The highest BCUT2D eigenvalue weighted by Crippen LogP contribution is 2.38. The second-order valence-electron chi connectivity index (χ2n) is 6.76. The summed E-state index contributed by atoms with van der Waals surface area (Å²) in [5, 5.41) is 6.75. The minimum atomic E-state index is -3.81. The number of benzene rings is 3. The molecule has 0 radical (unpaired) electrons. The minimum absolute atomic E-state index is 0.00111. The summed E-state index contributed by atoms with van der Waals surface area (Å²) in [6.45, 7) is 0.158. The third-order valence-electron chi connectivity index (χ3n) is 4.43. The van der Waals surface area contributed by atoms with Crippen molar-refractivity contribution >= 4 is 44.6 Å². The molecule has 1 heterocycles. The van der Waals surface area contributed by atoms with E-state index in [9.17, 15) is 12.8 Å². The maximum absolute atomic E-state index is 13.4. The van der Waals surface area contributed by atoms with E-state index in [2.05, 4.69) is 4.98 Å². The van der Waals surface area contributed by atoms with Crippen LogP contribution in [0, 0.1) is 5.82 Å². The van der Waals surface area contributed by atoms with Crippen LogP contribution in [0.3, 0.4) is 0 Å². The van der Waals surface area contributed by atoms with Crippen molar-refractivity contribution in [1.29, 1.82) is 0 Å². The summed E-state index contributed by atoms with van der Waals surface area (Å²) in [6, 6.07) is 17.1. The first kappa shape index (κ1) is 22.7. The molecule has 0 saturated heterocycles. The lowest BCUT2D eigenvalue weighted by molar-refractivity contribution is 0.305. The Kier molecular flexibility index (Phi) is 6.50. The summed E-state index contributed by atoms with van der Waals surface area (Å²) < 4.78 is 42.4. The van der Waals surface area contributed by atoms with Gasteiger partial charge >= 0.3 is 0 Å². The SMILES string of the molecule is NS(=O)(=O)c1ccc(-c2nc(COc3cc(Cl)cc(Cl)c3)sc2-c2ccc(F)cc2)cc1. The highest BCUT2D eigenvalue weighted by atomic mass is 35.5. The molecule has 164 valence electrons. The molecule has 0 aliphatic rings. The van der Waals surface area contributed by atoms with Crippen LogP contribution in [-0.2, 0) is 16.6 Å². The van der Waals surface area contributed by atoms with Crippen LogP contribution < -0.4 is 9.88 Å². The predicted molar refractivity (Wildman–Crippen MR) is 125 cm³/mol. The topological polar surface area (TPSA) is 82.3 Å². The van der Waals surface area contributed by atoms with Crippen molar-refractivity contribution in [2.45, 2.75) is 11.5 Å². The van der Waals surface area contributed by atoms with E-state index < -0.39 is 10.0 Å². The fourth-order valence-corrected chi connectivity index (χ4v) is 5.00. The third kappa shape index (κ3) is 5.28. The maximum Gasteiger partial charge on any atom is 0.238 e. The number of primary sulfonamides is 1. The molecule has 1 aromatic heterocycles. The van der Waals surface area contributed by atoms with Crippen LogP contribution in [0.15, 0.2) is 71.6 Å². The van der Waals surface area contributed by atoms with Gasteiger partial charge < -0.3 is 4.74 Å². The van der Waals surface area contributed by atoms with Crippen LogP contribution in [0.2, 0.25) is 10.0 Å². The largest absolute Gasteiger partial charge is 0.486 e. The first-order valence-electron chi connectivity index (χ1n) is 9.17. The number of halogens is 3. The zero-order valence-electron chi connectivity index (χ0n) is 16.3. The van der Waals surface area contributed by atoms with Gasteiger partial charge in [-0.05, 0) is 48.0 Å². The number of rotatable bonds is 6. The number of sulfonamides is 1. The molecule has 0 aliphatic carbocycles. The van der Waals surface area contributed by atoms with Gasteiger partial charge in [-0.15, -0.1) is 11.3 Å². The van der Waals surface area contributed by atoms with Gasteiger partial charge in [-0.2, -0.15) is 0 Å². The van der Waals surface area contributed by atoms with E-state index in [0.29, 0.717) is 32.1 Å². The summed E-state index contributed by atoms with van der Waals surface area (Å²) in [7, 11) is -3.81. The summed E-state index contributed by atoms with van der Waals surface area (Å²) in [4.78, 5) is 5.47. The maximum atomic E-state index is 13.4. The molecule has 2 N–H and O–H groups in total. The lowest BCUT2D eigenvalue weighted by atomic mass is 10.1. The van der Waals surface area contributed by atoms with E-state index in [-0.39, 0.29) is 17.3 Å². The molecule has 0 amide bonds. The average Bonchev–Trinajstić information content (AvgIpc) is 3.16. The zero-order chi connectivity index (χ0) is 22.9. The van der Waals surface area contributed by atoms with Gasteiger partial charge in [0.15, 0.2) is 0 Å². The summed E-state index contributed by atoms with van der Waals surface area (Å²) >= 11 is 13.4. The third-order valence-corrected chi connectivity index (χ3v) is 6.88. The molecule has 32 heavy (non-hydrogen) atoms. The standard InChI is InChI=1S/C22H15Cl2FN2O3S2/c23-15-9-16(24)11-18(10-15)30-12-20-27-21(13-3-7-19(8-4-13)32(26,28)29)22(31-20)14-1-5-17(25)6-2-14/h1-11H,12H2,(H2,26,28,29). The zero-order valence-corrected chi connectivity index (χ0v) is 19.4. The summed E-state index contributed by atoms with van der Waals surface area (Å²) in [6.07, 6.45) is 0. The van der Waals surface area contributed by atoms with Gasteiger partial charge in [0.1, 0.15) is 23.2 Å². The summed E-state index contributed by atoms with van der Waals surface area (Å²) in [5.41, 5.74) is 2.07. The molecule has 0 saturated carbocycles. The van der Waals surface area contributed by atoms with Crippen LogP contribution >= 0.6 is 34.5 Å². The van der Waals surface area contributed by atoms with E-state index in [1.807, 2.05) is 0 Å². The Bertz CT molecular complexity index is 1350. The van der Waals surface area contributed by atoms with E-state index in [1.165, 1.54) is 35.6 Å². The molecular weight excluding hydrogens is 494 g/mol. The van der Waals surface area contributed by atoms with Gasteiger partial charge in [0, 0.05) is 15.6 Å². The fourth-order valence-electron chi connectivity index (χ4n) is 2.98. The Balaban J connectivity index is 1.70. The van der Waals surface area contributed by atoms with Crippen LogP contribution in [0.25, 0.3) is 21.7 Å². The number of thiazole rings is 1. The molecule has 5 nitrogen and oxygen atoms in total. The van der Waals surface area contributed by atoms with Gasteiger partial charge in [0.25, 0.3) is 0 Å². The highest BCUT2D eigenvalue weighted by molar-refractivity contribution is 7.89. The quantitative estimate of drug-likeness (QED) is 0.338. The number of nitrogens with two attached hydrogens (primary N) is 1. The Labute approximate surface area is 198 Å². The lowest BCUT2D eigenvalue weighted by Crippen LogP contribution is -2.11. The molecule has 0 atom stereocenters. The lowest BCUT2D eigenvalue weighted by Gasteiger charge is -2.05. The van der Waals surface area contributed by atoms with Crippen molar-refractivity contribution < 1.29 is 17.5 Å². The summed E-state index contributed by atoms with van der Waals surface area (Å²) in [5.74, 6) is 0.152. The highest BCUT2D eigenvalue weighted by Gasteiger charge is 2.17. The molecule has 3 aromatic carbocycles. The van der Waals surface area contributed by atoms with Crippen molar-refractivity contribution in [3.05, 3.63) is 87.6 Å². The van der Waals surface area contributed by atoms with Crippen molar-refractivity contribution in [2.75, 3.05) is 0 Å². The molecule has 4 aromatic rings. The van der Waals surface area contributed by atoms with Crippen LogP contribution in [0.5, 0.6) is 5.75 Å². The van der Waals surface area contributed by atoms with E-state index in [0.717, 1.165) is 10.4 Å². The van der Waals surface area contributed by atoms with Gasteiger partial charge in [-0.25, -0.2) is 22.9 Å². The Morgan fingerprint density at radius 1 is 0.938 bits per heavy atom. The number of ether oxygens (including phenoxy) is 1. The minimum Gasteiger partial charge on any atom is -0.486 e. The number of hydrogen-bond acceptors (Lipinski definition) is 5. The van der Waals surface area contributed by atoms with Crippen LogP contribution in [0.4, 0.5) is 4.39 Å². The number of nitrogens with zero attached hydrogens (tertiary/aromatic N) is 1. The van der Waals surface area contributed by atoms with Crippen molar-refractivity contribution in [3.63, 3.8) is 0 Å². The van der Waals surface area contributed by atoms with Gasteiger partial charge in [0.05, 0.1) is 15.5 Å².